The Morgan fingerprint density at radius 3 is 3.00 bits per heavy atom. The van der Waals surface area contributed by atoms with Gasteiger partial charge in [0.25, 0.3) is 11.5 Å². The summed E-state index contributed by atoms with van der Waals surface area (Å²) < 4.78 is 0. The number of hydrogen-bond donors (Lipinski definition) is 1. The quantitative estimate of drug-likeness (QED) is 0.778. The Hall–Kier alpha value is -2.54. The van der Waals surface area contributed by atoms with Crippen LogP contribution in [-0.2, 0) is 0 Å². The van der Waals surface area contributed by atoms with Crippen LogP contribution < -0.4 is 5.56 Å². The summed E-state index contributed by atoms with van der Waals surface area (Å²) in [5.41, 5.74) is 0.249. The number of carbonyl (C=O) groups excluding carboxylic acids is 1. The molecule has 0 saturated carbocycles. The molecule has 1 atom stereocenters. The number of aromatic amines is 1. The lowest BCUT2D eigenvalue weighted by atomic mass is 10.0. The van der Waals surface area contributed by atoms with E-state index in [4.69, 9.17) is 0 Å². The molecule has 1 N–H and O–H groups in total. The molecule has 0 spiro atoms. The minimum Gasteiger partial charge on any atom is -0.327 e. The number of hydrogen-bond acceptors (Lipinski definition) is 5. The lowest BCUT2D eigenvalue weighted by Crippen LogP contribution is -2.40. The van der Waals surface area contributed by atoms with Crippen LogP contribution in [0, 0.1) is 0 Å². The molecule has 2 aromatic heterocycles. The van der Waals surface area contributed by atoms with Crippen molar-refractivity contribution in [2.45, 2.75) is 25.3 Å². The van der Waals surface area contributed by atoms with E-state index in [1.165, 1.54) is 0 Å². The minimum absolute atomic E-state index is 0.0389. The van der Waals surface area contributed by atoms with Crippen LogP contribution in [0.2, 0.25) is 0 Å². The van der Waals surface area contributed by atoms with Crippen molar-refractivity contribution < 1.29 is 4.79 Å². The lowest BCUT2D eigenvalue weighted by molar-refractivity contribution is 0.0598. The molecule has 0 bridgehead atoms. The maximum atomic E-state index is 13.0. The highest BCUT2D eigenvalue weighted by molar-refractivity contribution is 7.09. The smallest absolute Gasteiger partial charge is 0.290 e. The fraction of sp³-hybridized carbons (Fsp3) is 0.294. The summed E-state index contributed by atoms with van der Waals surface area (Å²) in [4.78, 5) is 38.3. The predicted molar refractivity (Wildman–Crippen MR) is 92.1 cm³/mol. The lowest BCUT2D eigenvalue weighted by Gasteiger charge is -2.34. The van der Waals surface area contributed by atoms with Gasteiger partial charge < -0.3 is 9.88 Å². The molecule has 1 fully saturated rings. The molecular formula is C17H16N4O2S. The SMILES string of the molecule is O=C(c1nc2ccccc2c(=O)[nH]1)N1CCCC[C@@H]1c1nccs1. The van der Waals surface area contributed by atoms with Crippen LogP contribution in [0.4, 0.5) is 0 Å². The van der Waals surface area contributed by atoms with Crippen molar-refractivity contribution in [3.63, 3.8) is 0 Å². The third-order valence-corrected chi connectivity index (χ3v) is 5.19. The molecule has 4 rings (SSSR count). The largest absolute Gasteiger partial charge is 0.327 e. The molecule has 1 aliphatic heterocycles. The Balaban J connectivity index is 1.73. The van der Waals surface area contributed by atoms with E-state index in [9.17, 15) is 9.59 Å². The van der Waals surface area contributed by atoms with Gasteiger partial charge in [-0.1, -0.05) is 12.1 Å². The number of aromatic nitrogens is 3. The Bertz CT molecular complexity index is 935. The monoisotopic (exact) mass is 340 g/mol. The molecule has 7 heteroatoms. The van der Waals surface area contributed by atoms with Crippen molar-refractivity contribution in [2.75, 3.05) is 6.54 Å². The van der Waals surface area contributed by atoms with E-state index in [1.807, 2.05) is 11.4 Å². The Morgan fingerprint density at radius 2 is 2.17 bits per heavy atom. The van der Waals surface area contributed by atoms with Crippen molar-refractivity contribution in [1.29, 1.82) is 0 Å². The number of fused-ring (bicyclic) bond motifs is 1. The number of benzene rings is 1. The van der Waals surface area contributed by atoms with Crippen LogP contribution in [0.15, 0.2) is 40.6 Å². The van der Waals surface area contributed by atoms with E-state index in [0.29, 0.717) is 17.4 Å². The Labute approximate surface area is 142 Å². The molecule has 1 saturated heterocycles. The minimum atomic E-state index is -0.285. The van der Waals surface area contributed by atoms with Gasteiger partial charge in [0.2, 0.25) is 0 Å². The number of likely N-dealkylation sites (tertiary alicyclic amines) is 1. The maximum absolute atomic E-state index is 13.0. The highest BCUT2D eigenvalue weighted by Crippen LogP contribution is 2.32. The average Bonchev–Trinajstić information content (AvgIpc) is 3.15. The van der Waals surface area contributed by atoms with E-state index in [-0.39, 0.29) is 23.3 Å². The van der Waals surface area contributed by atoms with E-state index in [0.717, 1.165) is 24.3 Å². The van der Waals surface area contributed by atoms with E-state index in [2.05, 4.69) is 15.0 Å². The van der Waals surface area contributed by atoms with Crippen molar-refractivity contribution in [2.24, 2.45) is 0 Å². The number of rotatable bonds is 2. The number of H-pyrrole nitrogens is 1. The van der Waals surface area contributed by atoms with Crippen LogP contribution in [0.25, 0.3) is 10.9 Å². The third-order valence-electron chi connectivity index (χ3n) is 4.32. The van der Waals surface area contributed by atoms with Crippen LogP contribution in [0.1, 0.15) is 40.9 Å². The van der Waals surface area contributed by atoms with Gasteiger partial charge in [-0.15, -0.1) is 11.3 Å². The first-order valence-electron chi connectivity index (χ1n) is 7.93. The summed E-state index contributed by atoms with van der Waals surface area (Å²) in [6.45, 7) is 0.652. The summed E-state index contributed by atoms with van der Waals surface area (Å²) in [6, 6.07) is 7.00. The number of thiazole rings is 1. The summed E-state index contributed by atoms with van der Waals surface area (Å²) in [7, 11) is 0. The van der Waals surface area contributed by atoms with Gasteiger partial charge in [0.1, 0.15) is 5.01 Å². The summed E-state index contributed by atoms with van der Waals surface area (Å²) in [5, 5.41) is 3.35. The molecule has 24 heavy (non-hydrogen) atoms. The Morgan fingerprint density at radius 1 is 1.29 bits per heavy atom. The van der Waals surface area contributed by atoms with E-state index < -0.39 is 0 Å². The van der Waals surface area contributed by atoms with Crippen LogP contribution in [0.3, 0.4) is 0 Å². The van der Waals surface area contributed by atoms with Gasteiger partial charge >= 0.3 is 0 Å². The molecule has 3 aromatic rings. The first kappa shape index (κ1) is 15.0. The van der Waals surface area contributed by atoms with Crippen LogP contribution >= 0.6 is 11.3 Å². The molecular weight excluding hydrogens is 324 g/mol. The third kappa shape index (κ3) is 2.60. The van der Waals surface area contributed by atoms with Gasteiger partial charge in [0.15, 0.2) is 5.82 Å². The molecule has 1 aliphatic rings. The summed E-state index contributed by atoms with van der Waals surface area (Å²) in [5.74, 6) is -0.139. The molecule has 0 radical (unpaired) electrons. The summed E-state index contributed by atoms with van der Waals surface area (Å²) in [6.07, 6.45) is 4.66. The van der Waals surface area contributed by atoms with Gasteiger partial charge in [-0.05, 0) is 31.4 Å². The normalized spacial score (nSPS) is 18.0. The molecule has 0 unspecified atom stereocenters. The molecule has 6 nitrogen and oxygen atoms in total. The fourth-order valence-corrected chi connectivity index (χ4v) is 3.94. The summed E-state index contributed by atoms with van der Waals surface area (Å²) >= 11 is 1.55. The van der Waals surface area contributed by atoms with Gasteiger partial charge in [-0.3, -0.25) is 9.59 Å². The molecule has 1 amide bonds. The predicted octanol–water partition coefficient (Wildman–Crippen LogP) is 2.75. The first-order valence-corrected chi connectivity index (χ1v) is 8.81. The number of nitrogens with one attached hydrogen (secondary N) is 1. The molecule has 1 aromatic carbocycles. The number of nitrogens with zero attached hydrogens (tertiary/aromatic N) is 3. The maximum Gasteiger partial charge on any atom is 0.290 e. The first-order chi connectivity index (χ1) is 11.7. The zero-order chi connectivity index (χ0) is 16.5. The standard InChI is InChI=1S/C17H16N4O2S/c22-15-11-5-1-2-6-12(11)19-14(20-15)17(23)21-9-4-3-7-13(21)16-18-8-10-24-16/h1-2,5-6,8,10,13H,3-4,7,9H2,(H,19,20,22)/t13-/m1/s1. The second-order valence-corrected chi connectivity index (χ2v) is 6.74. The van der Waals surface area contributed by atoms with Gasteiger partial charge in [-0.25, -0.2) is 9.97 Å². The van der Waals surface area contributed by atoms with Crippen LogP contribution in [0.5, 0.6) is 0 Å². The molecule has 0 aliphatic carbocycles. The van der Waals surface area contributed by atoms with Crippen molar-refractivity contribution >= 4 is 28.1 Å². The van der Waals surface area contributed by atoms with Crippen molar-refractivity contribution in [3.05, 3.63) is 57.0 Å². The topological polar surface area (TPSA) is 79.0 Å². The van der Waals surface area contributed by atoms with Gasteiger partial charge in [-0.2, -0.15) is 0 Å². The Kier molecular flexibility index (Phi) is 3.86. The fourth-order valence-electron chi connectivity index (χ4n) is 3.15. The van der Waals surface area contributed by atoms with E-state index >= 15 is 0 Å². The average molecular weight is 340 g/mol. The zero-order valence-corrected chi connectivity index (χ0v) is 13.8. The van der Waals surface area contributed by atoms with Crippen LogP contribution in [-0.4, -0.2) is 32.3 Å². The second kappa shape index (κ2) is 6.16. The zero-order valence-electron chi connectivity index (χ0n) is 12.9. The van der Waals surface area contributed by atoms with Crippen molar-refractivity contribution in [3.8, 4) is 0 Å². The van der Waals surface area contributed by atoms with Gasteiger partial charge in [0, 0.05) is 18.1 Å². The number of amides is 1. The van der Waals surface area contributed by atoms with Crippen molar-refractivity contribution in [1.82, 2.24) is 19.9 Å². The number of para-hydroxylation sites is 1. The molecule has 3 heterocycles. The molecule has 122 valence electrons. The second-order valence-electron chi connectivity index (χ2n) is 5.81. The number of carbonyl (C=O) groups is 1. The van der Waals surface area contributed by atoms with Gasteiger partial charge in [0.05, 0.1) is 16.9 Å². The highest BCUT2D eigenvalue weighted by atomic mass is 32.1. The highest BCUT2D eigenvalue weighted by Gasteiger charge is 2.31. The van der Waals surface area contributed by atoms with E-state index in [1.54, 1.807) is 40.6 Å². The number of piperidine rings is 1.